The van der Waals surface area contributed by atoms with Crippen molar-refractivity contribution in [3.8, 4) is 0 Å². The number of hydrogen-bond donors (Lipinski definition) is 0. The zero-order chi connectivity index (χ0) is 12.3. The summed E-state index contributed by atoms with van der Waals surface area (Å²) in [7, 11) is 0. The Bertz CT molecular complexity index is 448. The van der Waals surface area contributed by atoms with Gasteiger partial charge in [0.1, 0.15) is 0 Å². The highest BCUT2D eigenvalue weighted by Crippen LogP contribution is 2.61. The predicted octanol–water partition coefficient (Wildman–Crippen LogP) is 4.77. The molecular weight excluding hydrogens is 216 g/mol. The fourth-order valence-electron chi connectivity index (χ4n) is 5.77. The van der Waals surface area contributed by atoms with Gasteiger partial charge < -0.3 is 0 Å². The van der Waals surface area contributed by atoms with Crippen LogP contribution in [0.15, 0.2) is 18.2 Å². The molecule has 4 aliphatic rings. The third-order valence-electron chi connectivity index (χ3n) is 6.21. The third kappa shape index (κ3) is 1.44. The molecule has 18 heavy (non-hydrogen) atoms. The Balaban J connectivity index is 1.81. The van der Waals surface area contributed by atoms with E-state index in [0.717, 1.165) is 17.8 Å². The lowest BCUT2D eigenvalue weighted by atomic mass is 9.47. The second-order valence-corrected chi connectivity index (χ2v) is 7.45. The van der Waals surface area contributed by atoms with Crippen molar-refractivity contribution in [1.29, 1.82) is 0 Å². The molecule has 4 bridgehead atoms. The third-order valence-corrected chi connectivity index (χ3v) is 6.21. The lowest BCUT2D eigenvalue weighted by molar-refractivity contribution is -0.00549. The molecule has 96 valence electrons. The van der Waals surface area contributed by atoms with Gasteiger partial charge in [0, 0.05) is 0 Å². The Morgan fingerprint density at radius 2 is 1.44 bits per heavy atom. The summed E-state index contributed by atoms with van der Waals surface area (Å²) in [6, 6.07) is 7.01. The fourth-order valence-corrected chi connectivity index (χ4v) is 5.77. The maximum atomic E-state index is 2.44. The lowest BCUT2D eigenvalue weighted by Gasteiger charge is -2.57. The minimum Gasteiger partial charge on any atom is -0.0617 e. The van der Waals surface area contributed by atoms with Gasteiger partial charge in [0.05, 0.1) is 0 Å². The largest absolute Gasteiger partial charge is 0.0617 e. The van der Waals surface area contributed by atoms with Crippen LogP contribution in [0.4, 0.5) is 0 Å². The summed E-state index contributed by atoms with van der Waals surface area (Å²) >= 11 is 0. The van der Waals surface area contributed by atoms with E-state index in [0.29, 0.717) is 5.41 Å². The van der Waals surface area contributed by atoms with Gasteiger partial charge in [0.25, 0.3) is 0 Å². The second-order valence-electron chi connectivity index (χ2n) is 7.45. The van der Waals surface area contributed by atoms with Crippen molar-refractivity contribution in [2.75, 3.05) is 0 Å². The summed E-state index contributed by atoms with van der Waals surface area (Å²) < 4.78 is 0. The van der Waals surface area contributed by atoms with Crippen molar-refractivity contribution in [1.82, 2.24) is 0 Å². The zero-order valence-corrected chi connectivity index (χ0v) is 11.7. The molecule has 1 aromatic carbocycles. The molecule has 0 radical (unpaired) electrons. The number of hydrogen-bond acceptors (Lipinski definition) is 0. The van der Waals surface area contributed by atoms with E-state index in [1.54, 1.807) is 30.4 Å². The Labute approximate surface area is 111 Å². The molecule has 0 spiro atoms. The fraction of sp³-hybridized carbons (Fsp3) is 0.667. The van der Waals surface area contributed by atoms with Crippen LogP contribution in [0, 0.1) is 31.6 Å². The minimum absolute atomic E-state index is 0.574. The van der Waals surface area contributed by atoms with Crippen LogP contribution in [0.1, 0.15) is 55.2 Å². The number of benzene rings is 1. The van der Waals surface area contributed by atoms with E-state index in [1.165, 1.54) is 24.8 Å². The maximum Gasteiger partial charge on any atom is -0.00363 e. The van der Waals surface area contributed by atoms with E-state index in [-0.39, 0.29) is 0 Å². The van der Waals surface area contributed by atoms with Gasteiger partial charge in [-0.25, -0.2) is 0 Å². The highest BCUT2D eigenvalue weighted by molar-refractivity contribution is 5.40. The first-order valence-electron chi connectivity index (χ1n) is 7.73. The van der Waals surface area contributed by atoms with E-state index in [9.17, 15) is 0 Å². The average Bonchev–Trinajstić information content (AvgIpc) is 2.30. The van der Waals surface area contributed by atoms with Crippen LogP contribution in [0.25, 0.3) is 0 Å². The van der Waals surface area contributed by atoms with Crippen molar-refractivity contribution in [3.63, 3.8) is 0 Å². The standard InChI is InChI=1S/C18H24/c1-12-4-3-5-17(13(12)2)18-9-14-6-15(10-18)8-16(7-14)11-18/h3-5,14-16H,6-11H2,1-2H3. The van der Waals surface area contributed by atoms with Crippen LogP contribution in [0.3, 0.4) is 0 Å². The first kappa shape index (κ1) is 11.1. The van der Waals surface area contributed by atoms with Crippen LogP contribution in [-0.2, 0) is 5.41 Å². The number of aryl methyl sites for hydroxylation is 1. The summed E-state index contributed by atoms with van der Waals surface area (Å²) in [6.07, 6.45) is 9.11. The second kappa shape index (κ2) is 3.62. The van der Waals surface area contributed by atoms with Crippen LogP contribution in [0.5, 0.6) is 0 Å². The molecule has 0 aliphatic heterocycles. The zero-order valence-electron chi connectivity index (χ0n) is 11.7. The summed E-state index contributed by atoms with van der Waals surface area (Å²) in [6.45, 7) is 4.63. The molecule has 0 saturated heterocycles. The maximum absolute atomic E-state index is 2.44. The number of rotatable bonds is 1. The summed E-state index contributed by atoms with van der Waals surface area (Å²) in [5, 5.41) is 0. The first-order chi connectivity index (χ1) is 8.66. The van der Waals surface area contributed by atoms with E-state index in [1.807, 2.05) is 0 Å². The SMILES string of the molecule is Cc1cccc(C23CC4CC(CC(C4)C2)C3)c1C. The summed E-state index contributed by atoms with van der Waals surface area (Å²) in [5.74, 6) is 3.16. The molecule has 0 heterocycles. The average molecular weight is 240 g/mol. The molecule has 0 atom stereocenters. The monoisotopic (exact) mass is 240 g/mol. The molecule has 0 amide bonds. The van der Waals surface area contributed by atoms with Crippen LogP contribution in [0.2, 0.25) is 0 Å². The molecule has 1 aromatic rings. The van der Waals surface area contributed by atoms with Gasteiger partial charge >= 0.3 is 0 Å². The van der Waals surface area contributed by atoms with Gasteiger partial charge in [-0.05, 0) is 92.2 Å². The Morgan fingerprint density at radius 3 is 2.00 bits per heavy atom. The van der Waals surface area contributed by atoms with Crippen molar-refractivity contribution in [2.45, 2.75) is 57.8 Å². The smallest absolute Gasteiger partial charge is 0.00363 e. The predicted molar refractivity (Wildman–Crippen MR) is 75.8 cm³/mol. The molecule has 4 saturated carbocycles. The van der Waals surface area contributed by atoms with E-state index in [2.05, 4.69) is 32.0 Å². The van der Waals surface area contributed by atoms with E-state index in [4.69, 9.17) is 0 Å². The molecule has 0 heteroatoms. The van der Waals surface area contributed by atoms with Crippen molar-refractivity contribution >= 4 is 0 Å². The van der Waals surface area contributed by atoms with Gasteiger partial charge in [-0.3, -0.25) is 0 Å². The quantitative estimate of drug-likeness (QED) is 0.663. The highest BCUT2D eigenvalue weighted by Gasteiger charge is 2.51. The highest BCUT2D eigenvalue weighted by atomic mass is 14.6. The van der Waals surface area contributed by atoms with Gasteiger partial charge in [0.15, 0.2) is 0 Å². The van der Waals surface area contributed by atoms with Crippen molar-refractivity contribution < 1.29 is 0 Å². The topological polar surface area (TPSA) is 0 Å². The molecule has 5 rings (SSSR count). The van der Waals surface area contributed by atoms with E-state index < -0.39 is 0 Å². The Morgan fingerprint density at radius 1 is 0.889 bits per heavy atom. The molecule has 0 unspecified atom stereocenters. The van der Waals surface area contributed by atoms with Crippen LogP contribution < -0.4 is 0 Å². The summed E-state index contributed by atoms with van der Waals surface area (Å²) in [4.78, 5) is 0. The molecule has 0 aromatic heterocycles. The normalized spacial score (nSPS) is 41.3. The van der Waals surface area contributed by atoms with E-state index >= 15 is 0 Å². The van der Waals surface area contributed by atoms with Gasteiger partial charge in [0.2, 0.25) is 0 Å². The first-order valence-corrected chi connectivity index (χ1v) is 7.73. The Kier molecular flexibility index (Phi) is 2.23. The van der Waals surface area contributed by atoms with Gasteiger partial charge in [-0.2, -0.15) is 0 Å². The van der Waals surface area contributed by atoms with Gasteiger partial charge in [-0.15, -0.1) is 0 Å². The minimum atomic E-state index is 0.574. The molecular formula is C18H24. The molecule has 4 aliphatic carbocycles. The summed E-state index contributed by atoms with van der Waals surface area (Å²) in [5.41, 5.74) is 5.36. The Hall–Kier alpha value is -0.780. The molecule has 4 fully saturated rings. The van der Waals surface area contributed by atoms with Crippen LogP contribution >= 0.6 is 0 Å². The molecule has 0 N–H and O–H groups in total. The van der Waals surface area contributed by atoms with Crippen molar-refractivity contribution in [3.05, 3.63) is 34.9 Å². The van der Waals surface area contributed by atoms with Crippen LogP contribution in [-0.4, -0.2) is 0 Å². The lowest BCUT2D eigenvalue weighted by Crippen LogP contribution is -2.48. The molecule has 0 nitrogen and oxygen atoms in total. The van der Waals surface area contributed by atoms with Gasteiger partial charge in [-0.1, -0.05) is 18.2 Å². The van der Waals surface area contributed by atoms with Crippen molar-refractivity contribution in [2.24, 2.45) is 17.8 Å².